The third-order valence-electron chi connectivity index (χ3n) is 19.9. The molecule has 1 aromatic heterocycles. The van der Waals surface area contributed by atoms with Crippen LogP contribution in [0.15, 0.2) is 29.6 Å². The number of halogens is 1. The lowest BCUT2D eigenvalue weighted by atomic mass is 9.92. The van der Waals surface area contributed by atoms with Gasteiger partial charge in [-0.2, -0.15) is 12.6 Å². The number of benzene rings is 1. The van der Waals surface area contributed by atoms with Gasteiger partial charge in [0.2, 0.25) is 23.6 Å². The molecule has 1 aliphatic heterocycles. The van der Waals surface area contributed by atoms with E-state index >= 15 is 0 Å². The van der Waals surface area contributed by atoms with Crippen molar-refractivity contribution >= 4 is 83.5 Å². The molecule has 2 heterocycles. The summed E-state index contributed by atoms with van der Waals surface area (Å²) in [6.07, 6.45) is 1.55. The fraction of sp³-hybridized carbons (Fsp3) is 0.782. The van der Waals surface area contributed by atoms with Gasteiger partial charge >= 0.3 is 30.0 Å². The van der Waals surface area contributed by atoms with Crippen molar-refractivity contribution in [1.29, 1.82) is 0 Å². The van der Waals surface area contributed by atoms with Gasteiger partial charge < -0.3 is 123 Å². The lowest BCUT2D eigenvalue weighted by molar-refractivity contribution is -0.194. The summed E-state index contributed by atoms with van der Waals surface area (Å²) in [5.74, 6) is -4.44. The van der Waals surface area contributed by atoms with Gasteiger partial charge in [-0.15, -0.1) is 11.3 Å². The highest BCUT2D eigenvalue weighted by Crippen LogP contribution is 2.33. The molecule has 1 aromatic carbocycles. The lowest BCUT2D eigenvalue weighted by Gasteiger charge is -2.40. The van der Waals surface area contributed by atoms with Gasteiger partial charge in [-0.1, -0.05) is 94.2 Å². The molecule has 40 heteroatoms. The van der Waals surface area contributed by atoms with Crippen LogP contribution < -0.4 is 21.3 Å². The minimum Gasteiger partial charge on any atom is -0.481 e. The SMILES string of the molecule is CCC(CO)OC(CO)OC.CCC(CO)OC(COC(=O)CCCC(=O)O)OC.CCC(CO)OC(COC(=O)OCCC(=O)NCCS)OC.CCCO[C@H](C[C@H](C(C)C)N(CCC)C(=O)[C@@H](NC(=O)[C@H]1CCCCN1C)[C@@H](C)CC)c1nc(C(=O)N[C@@H](Cc2ccc(F)cc2)C[C@H](C)C(=O)OC(C)CNC(=O)CCCC(=O)OCC(OC)OC(C)CO)cs1. The van der Waals surface area contributed by atoms with Crippen molar-refractivity contribution in [2.75, 3.05) is 133 Å². The highest BCUT2D eigenvalue weighted by atomic mass is 32.1. The maximum absolute atomic E-state index is 14.8. The van der Waals surface area contributed by atoms with Crippen LogP contribution in [0.2, 0.25) is 0 Å². The first kappa shape index (κ1) is 120. The number of likely N-dealkylation sites (tertiary alicyclic amines) is 1. The number of nitrogens with zero attached hydrogens (tertiary/aromatic N) is 3. The van der Waals surface area contributed by atoms with Crippen molar-refractivity contribution in [3.8, 4) is 0 Å². The van der Waals surface area contributed by atoms with E-state index < -0.39 is 103 Å². The van der Waals surface area contributed by atoms with E-state index in [2.05, 4.69) is 52.6 Å². The maximum atomic E-state index is 14.8. The van der Waals surface area contributed by atoms with E-state index in [9.17, 15) is 52.3 Å². The molecule has 3 rings (SSSR count). The van der Waals surface area contributed by atoms with Crippen molar-refractivity contribution in [3.63, 3.8) is 0 Å². The molecule has 1 fully saturated rings. The Hall–Kier alpha value is -6.97. The monoisotopic (exact) mass is 1860 g/mol. The van der Waals surface area contributed by atoms with Crippen LogP contribution in [0.1, 0.15) is 226 Å². The molecule has 0 saturated carbocycles. The summed E-state index contributed by atoms with van der Waals surface area (Å²) in [5, 5.41) is 66.7. The molecular weight excluding hydrogens is 1710 g/mol. The Bertz CT molecular complexity index is 3280. The normalized spacial score (nSPS) is 16.2. The molecule has 0 aliphatic carbocycles. The summed E-state index contributed by atoms with van der Waals surface area (Å²) in [6, 6.07) is 4.06. The Morgan fingerprint density at radius 3 is 1.67 bits per heavy atom. The number of aromatic nitrogens is 1. The highest BCUT2D eigenvalue weighted by Gasteiger charge is 2.39. The van der Waals surface area contributed by atoms with E-state index in [1.807, 2.05) is 60.4 Å². The largest absolute Gasteiger partial charge is 0.508 e. The molecule has 0 bridgehead atoms. The number of piperidine rings is 1. The van der Waals surface area contributed by atoms with Gasteiger partial charge in [0.15, 0.2) is 25.2 Å². The second kappa shape index (κ2) is 72.7. The number of aliphatic hydroxyl groups excluding tert-OH is 5. The molecule has 127 heavy (non-hydrogen) atoms. The average molecular weight is 1860 g/mol. The number of carboxylic acid groups (broad SMARTS) is 1. The average Bonchev–Trinajstić information content (AvgIpc) is 1.72. The molecule has 9 unspecified atom stereocenters. The molecule has 10 N–H and O–H groups in total. The van der Waals surface area contributed by atoms with Crippen LogP contribution in [-0.4, -0.2) is 318 Å². The fourth-order valence-corrected chi connectivity index (χ4v) is 13.1. The van der Waals surface area contributed by atoms with Gasteiger partial charge in [-0.25, -0.2) is 14.2 Å². The van der Waals surface area contributed by atoms with Gasteiger partial charge in [-0.05, 0) is 128 Å². The van der Waals surface area contributed by atoms with Crippen LogP contribution in [0.3, 0.4) is 0 Å². The number of hydrogen-bond acceptors (Lipinski definition) is 33. The Labute approximate surface area is 759 Å². The van der Waals surface area contributed by atoms with E-state index in [4.69, 9.17) is 102 Å². The third kappa shape index (κ3) is 53.8. The Morgan fingerprint density at radius 2 is 1.17 bits per heavy atom. The number of rotatable bonds is 64. The first-order valence-electron chi connectivity index (χ1n) is 44.0. The van der Waals surface area contributed by atoms with Crippen LogP contribution in [0.4, 0.5) is 9.18 Å². The summed E-state index contributed by atoms with van der Waals surface area (Å²) < 4.78 is 86.8. The predicted molar refractivity (Wildman–Crippen MR) is 472 cm³/mol. The number of likely N-dealkylation sites (N-methyl/N-ethyl adjacent to an activating group) is 1. The molecular formula is C87H152FN7O30S2. The molecule has 2 aromatic rings. The smallest absolute Gasteiger partial charge is 0.481 e. The third-order valence-corrected chi connectivity index (χ3v) is 21.1. The van der Waals surface area contributed by atoms with E-state index in [-0.39, 0.29) is 195 Å². The van der Waals surface area contributed by atoms with Gasteiger partial charge in [0.25, 0.3) is 5.91 Å². The number of amides is 5. The van der Waals surface area contributed by atoms with Crippen LogP contribution in [-0.2, 0) is 111 Å². The topological polar surface area (TPSA) is 489 Å². The number of thiol groups is 1. The van der Waals surface area contributed by atoms with Crippen molar-refractivity contribution in [3.05, 3.63) is 51.7 Å². The van der Waals surface area contributed by atoms with E-state index in [1.54, 1.807) is 38.3 Å². The molecule has 16 atom stereocenters. The quantitative estimate of drug-likeness (QED) is 0.0132. The van der Waals surface area contributed by atoms with E-state index in [0.717, 1.165) is 37.8 Å². The second-order valence-corrected chi connectivity index (χ2v) is 32.1. The molecule has 0 radical (unpaired) electrons. The molecule has 734 valence electrons. The van der Waals surface area contributed by atoms with Gasteiger partial charge in [0.05, 0.1) is 82.4 Å². The fourth-order valence-electron chi connectivity index (χ4n) is 12.1. The maximum Gasteiger partial charge on any atom is 0.508 e. The minimum absolute atomic E-state index is 0.0107. The molecule has 0 spiro atoms. The molecule has 1 aliphatic rings. The number of aliphatic hydroxyl groups is 5. The Balaban J connectivity index is 0.00000244. The Kier molecular flexibility index (Phi) is 68.7. The first-order valence-corrected chi connectivity index (χ1v) is 45.5. The number of hydrogen-bond donors (Lipinski definition) is 11. The van der Waals surface area contributed by atoms with Crippen LogP contribution in [0, 0.1) is 23.6 Å². The number of aliphatic carboxylic acids is 1. The molecule has 1 saturated heterocycles. The second-order valence-electron chi connectivity index (χ2n) is 30.8. The lowest BCUT2D eigenvalue weighted by Crippen LogP contribution is -2.58. The summed E-state index contributed by atoms with van der Waals surface area (Å²) in [7, 11) is 7.61. The number of thiazole rings is 1. The zero-order valence-corrected chi connectivity index (χ0v) is 79.5. The van der Waals surface area contributed by atoms with E-state index in [0.29, 0.717) is 69.0 Å². The summed E-state index contributed by atoms with van der Waals surface area (Å²) in [6.45, 7) is 23.8. The Morgan fingerprint density at radius 1 is 0.622 bits per heavy atom. The first-order chi connectivity index (χ1) is 60.6. The number of carboxylic acids is 1. The predicted octanol–water partition coefficient (Wildman–Crippen LogP) is 7.54. The summed E-state index contributed by atoms with van der Waals surface area (Å²) >= 11 is 5.25. The van der Waals surface area contributed by atoms with E-state index in [1.165, 1.54) is 51.9 Å². The molecule has 37 nitrogen and oxygen atoms in total. The van der Waals surface area contributed by atoms with Crippen LogP contribution in [0.25, 0.3) is 0 Å². The van der Waals surface area contributed by atoms with Gasteiger partial charge in [0, 0.05) is 103 Å². The number of nitrogens with one attached hydrogen (secondary N) is 4. The zero-order chi connectivity index (χ0) is 95.8. The number of methoxy groups -OCH3 is 4. The van der Waals surface area contributed by atoms with Crippen molar-refractivity contribution in [2.45, 2.75) is 291 Å². The zero-order valence-electron chi connectivity index (χ0n) is 77.8. The number of carbonyl (C=O) groups excluding carboxylic acids is 9. The van der Waals surface area contributed by atoms with Crippen molar-refractivity contribution in [1.82, 2.24) is 36.1 Å². The van der Waals surface area contributed by atoms with Gasteiger partial charge in [0.1, 0.15) is 61.2 Å². The van der Waals surface area contributed by atoms with Gasteiger partial charge in [-0.3, -0.25) is 48.1 Å². The number of ether oxygens (including phenoxy) is 14. The summed E-state index contributed by atoms with van der Waals surface area (Å²) in [5.41, 5.74) is 0.899. The minimum atomic E-state index is -0.945. The van der Waals surface area contributed by atoms with Crippen molar-refractivity contribution in [2.24, 2.45) is 17.8 Å². The van der Waals surface area contributed by atoms with Crippen LogP contribution >= 0.6 is 24.0 Å². The standard InChI is InChI=1S/C55H89FN6O12S.C13H25NO7S.C12H22O7.C7H16O4/c1-12-25-62(54(68)50(36(6)14-3)60-52(67)44-18-15-16-26-61(44)10)45(35(4)5)30-46(71-27-13-2)53-59-43(34-75-53)51(66)58-42(29-40-21-23-41(56)24-22-40)28-37(7)55(69)74-38(8)31-57-47(64)19-17-20-48(65)72-33-49(70-11)73-39(9)32-63;1-3-10(8-15)21-12(18-2)9-20-13(17)19-6-4-11(16)14-5-7-22;1-3-9(7-13)19-12(17-2)8-18-11(16)6-4-5-10(14)15;1-3-6(4-8)11-7(5-9)10-2/h21-24,34-39,42,44-46,49-50,63H,12-20,25-33H2,1-11H3,(H,57,64)(H,58,66)(H,60,67);10,12,15,22H,3-9H2,1-2H3,(H,14,16);9,12-13H,3-8H2,1-2H3,(H,14,15);6-9H,3-5H2,1-2H3/t36-,37-,38?,39?,42+,44+,45+,46+,49?,50-;;;/m0.../s1. The summed E-state index contributed by atoms with van der Waals surface area (Å²) in [4.78, 5) is 134. The molecule has 5 amide bonds. The number of esters is 3. The van der Waals surface area contributed by atoms with Crippen LogP contribution in [0.5, 0.6) is 0 Å². The van der Waals surface area contributed by atoms with Crippen molar-refractivity contribution < 1.29 is 149 Å². The number of carbonyl (C=O) groups is 10. The highest BCUT2D eigenvalue weighted by molar-refractivity contribution is 7.80.